The van der Waals surface area contributed by atoms with Crippen LogP contribution in [0.15, 0.2) is 54.0 Å². The summed E-state index contributed by atoms with van der Waals surface area (Å²) in [7, 11) is 0. The zero-order valence-corrected chi connectivity index (χ0v) is 18.7. The van der Waals surface area contributed by atoms with E-state index in [-0.39, 0.29) is 11.5 Å². The first-order valence-electron chi connectivity index (χ1n) is 10.8. The van der Waals surface area contributed by atoms with E-state index in [1.54, 1.807) is 23.0 Å². The summed E-state index contributed by atoms with van der Waals surface area (Å²) in [4.78, 5) is 19.2. The Balaban J connectivity index is 1.54. The molecular weight excluding hydrogens is 461 g/mol. The van der Waals surface area contributed by atoms with E-state index in [1.807, 2.05) is 13.0 Å². The van der Waals surface area contributed by atoms with Crippen LogP contribution in [0.2, 0.25) is 0 Å². The molecule has 1 fully saturated rings. The number of pyridine rings is 2. The summed E-state index contributed by atoms with van der Waals surface area (Å²) in [6.45, 7) is 4.55. The van der Waals surface area contributed by atoms with Crippen molar-refractivity contribution >= 4 is 22.9 Å². The van der Waals surface area contributed by atoms with Gasteiger partial charge < -0.3 is 15.4 Å². The lowest BCUT2D eigenvalue weighted by Crippen LogP contribution is -2.36. The number of imidazole rings is 1. The van der Waals surface area contributed by atoms with Gasteiger partial charge in [0.25, 0.3) is 0 Å². The summed E-state index contributed by atoms with van der Waals surface area (Å²) in [6, 6.07) is 5.44. The zero-order valence-electron chi connectivity index (χ0n) is 18.7. The second-order valence-corrected chi connectivity index (χ2v) is 7.96. The van der Waals surface area contributed by atoms with Crippen LogP contribution in [0.3, 0.4) is 0 Å². The highest BCUT2D eigenvalue weighted by Crippen LogP contribution is 2.31. The number of hydrogen-bond donors (Lipinski definition) is 1. The molecule has 0 aliphatic carbocycles. The van der Waals surface area contributed by atoms with E-state index in [4.69, 9.17) is 10.5 Å². The molecule has 2 N–H and O–H groups in total. The maximum Gasteiger partial charge on any atom is 0.416 e. The van der Waals surface area contributed by atoms with E-state index < -0.39 is 11.7 Å². The number of aryl methyl sites for hydroxylation is 1. The maximum absolute atomic E-state index is 13.1. The number of morpholine rings is 1. The van der Waals surface area contributed by atoms with Crippen LogP contribution in [-0.2, 0) is 10.9 Å². The number of nitrogens with two attached hydrogens (primary N) is 1. The minimum Gasteiger partial charge on any atom is -0.382 e. The summed E-state index contributed by atoms with van der Waals surface area (Å²) in [5, 5.41) is 4.68. The van der Waals surface area contributed by atoms with Gasteiger partial charge in [0, 0.05) is 42.9 Å². The summed E-state index contributed by atoms with van der Waals surface area (Å²) < 4.78 is 46.3. The second-order valence-electron chi connectivity index (χ2n) is 7.96. The van der Waals surface area contributed by atoms with Crippen molar-refractivity contribution in [3.63, 3.8) is 0 Å². The summed E-state index contributed by atoms with van der Waals surface area (Å²) in [6.07, 6.45) is 1.50. The zero-order chi connectivity index (χ0) is 24.6. The Morgan fingerprint density at radius 2 is 1.89 bits per heavy atom. The van der Waals surface area contributed by atoms with Gasteiger partial charge in [-0.3, -0.25) is 9.97 Å². The molecule has 180 valence electrons. The highest BCUT2D eigenvalue weighted by Gasteiger charge is 2.31. The molecule has 1 saturated heterocycles. The minimum absolute atomic E-state index is 0.0745. The Hall–Kier alpha value is -4.06. The minimum atomic E-state index is -4.51. The molecule has 5 rings (SSSR count). The quantitative estimate of drug-likeness (QED) is 0.351. The van der Waals surface area contributed by atoms with Crippen LogP contribution in [0, 0.1) is 6.92 Å². The third-order valence-electron chi connectivity index (χ3n) is 5.64. The number of halogens is 3. The third kappa shape index (κ3) is 4.64. The second kappa shape index (κ2) is 8.95. The number of hydrogen-bond acceptors (Lipinski definition) is 7. The summed E-state index contributed by atoms with van der Waals surface area (Å²) in [5.41, 5.74) is 9.15. The molecule has 35 heavy (non-hydrogen) atoms. The van der Waals surface area contributed by atoms with Crippen LogP contribution in [0.1, 0.15) is 17.0 Å². The fourth-order valence-corrected chi connectivity index (χ4v) is 3.85. The van der Waals surface area contributed by atoms with Crippen molar-refractivity contribution in [1.82, 2.24) is 24.6 Å². The van der Waals surface area contributed by atoms with Gasteiger partial charge in [-0.25, -0.2) is 14.5 Å². The molecule has 1 aliphatic heterocycles. The summed E-state index contributed by atoms with van der Waals surface area (Å²) >= 11 is 0. The number of aromatic nitrogens is 5. The molecule has 0 bridgehead atoms. The number of alkyl halides is 3. The lowest BCUT2D eigenvalue weighted by Gasteiger charge is -2.29. The van der Waals surface area contributed by atoms with Gasteiger partial charge in [-0.05, 0) is 31.2 Å². The molecule has 9 nitrogen and oxygen atoms in total. The Kier molecular flexibility index (Phi) is 5.81. The van der Waals surface area contributed by atoms with Gasteiger partial charge in [-0.1, -0.05) is 0 Å². The first-order chi connectivity index (χ1) is 16.8. The number of ether oxygens (including phenoxy) is 1. The van der Waals surface area contributed by atoms with Crippen molar-refractivity contribution in [3.05, 3.63) is 66.0 Å². The average molecular weight is 482 g/mol. The van der Waals surface area contributed by atoms with E-state index in [0.29, 0.717) is 35.9 Å². The normalized spacial score (nSPS) is 15.1. The smallest absolute Gasteiger partial charge is 0.382 e. The van der Waals surface area contributed by atoms with Crippen molar-refractivity contribution in [2.24, 2.45) is 10.7 Å². The van der Waals surface area contributed by atoms with Crippen LogP contribution in [0.25, 0.3) is 16.9 Å². The molecule has 12 heteroatoms. The number of rotatable bonds is 4. The molecule has 5 heterocycles. The van der Waals surface area contributed by atoms with Crippen LogP contribution in [0.5, 0.6) is 0 Å². The van der Waals surface area contributed by atoms with Crippen molar-refractivity contribution in [3.8, 4) is 11.3 Å². The third-order valence-corrected chi connectivity index (χ3v) is 5.64. The van der Waals surface area contributed by atoms with E-state index >= 15 is 0 Å². The number of nitrogens with zero attached hydrogens (tertiary/aromatic N) is 7. The Morgan fingerprint density at radius 3 is 2.66 bits per heavy atom. The van der Waals surface area contributed by atoms with Gasteiger partial charge in [0.1, 0.15) is 11.5 Å². The topological polar surface area (TPSA) is 107 Å². The van der Waals surface area contributed by atoms with Gasteiger partial charge >= 0.3 is 6.18 Å². The molecule has 0 radical (unpaired) electrons. The number of fused-ring (bicyclic) bond motifs is 1. The van der Waals surface area contributed by atoms with Crippen LogP contribution >= 0.6 is 0 Å². The number of amidine groups is 1. The molecule has 4 aromatic heterocycles. The van der Waals surface area contributed by atoms with Crippen molar-refractivity contribution in [2.75, 3.05) is 31.2 Å². The van der Waals surface area contributed by atoms with Gasteiger partial charge in [-0.2, -0.15) is 18.3 Å². The predicted molar refractivity (Wildman–Crippen MR) is 124 cm³/mol. The van der Waals surface area contributed by atoms with Crippen molar-refractivity contribution < 1.29 is 17.9 Å². The van der Waals surface area contributed by atoms with E-state index in [2.05, 4.69) is 29.9 Å². The highest BCUT2D eigenvalue weighted by atomic mass is 19.4. The van der Waals surface area contributed by atoms with Crippen LogP contribution in [0.4, 0.5) is 24.5 Å². The molecular formula is C23H21F3N8O. The Bertz CT molecular complexity index is 1410. The average Bonchev–Trinajstić information content (AvgIpc) is 3.33. The lowest BCUT2D eigenvalue weighted by atomic mass is 10.1. The molecule has 0 aromatic carbocycles. The summed E-state index contributed by atoms with van der Waals surface area (Å²) in [5.74, 6) is -0.153. The van der Waals surface area contributed by atoms with Gasteiger partial charge in [0.15, 0.2) is 5.65 Å². The first-order valence-corrected chi connectivity index (χ1v) is 10.8. The molecule has 0 atom stereocenters. The first kappa shape index (κ1) is 22.7. The van der Waals surface area contributed by atoms with Gasteiger partial charge in [0.05, 0.1) is 42.0 Å². The Morgan fingerprint density at radius 1 is 1.09 bits per heavy atom. The highest BCUT2D eigenvalue weighted by molar-refractivity contribution is 5.97. The van der Waals surface area contributed by atoms with E-state index in [9.17, 15) is 13.2 Å². The van der Waals surface area contributed by atoms with Gasteiger partial charge in [0.2, 0.25) is 0 Å². The number of aliphatic imine (C=N–C) groups is 1. The van der Waals surface area contributed by atoms with Gasteiger partial charge in [-0.15, -0.1) is 0 Å². The SMILES string of the molecule is Cc1ncc(N=C(N)c2cc(C(F)(F)F)ccn2)cc1-c1cc(N2CCOCC2)c2nccn2n1. The van der Waals surface area contributed by atoms with Crippen LogP contribution < -0.4 is 10.6 Å². The fourth-order valence-electron chi connectivity index (χ4n) is 3.85. The lowest BCUT2D eigenvalue weighted by molar-refractivity contribution is -0.137. The molecule has 0 saturated carbocycles. The standard InChI is InChI=1S/C23H21F3N8O/c1-14-17(18-12-20(33-6-8-35-9-7-33)22-29-4-5-34(22)32-18)11-16(13-30-14)31-21(27)19-10-15(2-3-28-19)23(24,25)26/h2-5,10-13H,6-9H2,1H3,(H2,27,31). The number of anilines is 1. The molecule has 4 aromatic rings. The molecule has 0 spiro atoms. The largest absolute Gasteiger partial charge is 0.416 e. The molecule has 0 amide bonds. The van der Waals surface area contributed by atoms with Crippen molar-refractivity contribution in [1.29, 1.82) is 0 Å². The maximum atomic E-state index is 13.1. The van der Waals surface area contributed by atoms with E-state index in [1.165, 1.54) is 6.20 Å². The van der Waals surface area contributed by atoms with Crippen LogP contribution in [-0.4, -0.2) is 56.7 Å². The molecule has 0 unspecified atom stereocenters. The fraction of sp³-hybridized carbons (Fsp3) is 0.261. The predicted octanol–water partition coefficient (Wildman–Crippen LogP) is 3.39. The Labute approximate surface area is 198 Å². The molecule has 1 aliphatic rings. The van der Waals surface area contributed by atoms with E-state index in [0.717, 1.165) is 42.8 Å². The monoisotopic (exact) mass is 482 g/mol. The van der Waals surface area contributed by atoms with Crippen molar-refractivity contribution in [2.45, 2.75) is 13.1 Å².